The van der Waals surface area contributed by atoms with Crippen molar-refractivity contribution in [3.63, 3.8) is 0 Å². The molecule has 5 nitrogen and oxygen atoms in total. The normalized spacial score (nSPS) is 10.9. The Bertz CT molecular complexity index is 340. The van der Waals surface area contributed by atoms with E-state index in [-0.39, 0.29) is 23.3 Å². The van der Waals surface area contributed by atoms with Crippen LogP contribution < -0.4 is 5.73 Å². The monoisotopic (exact) mass is 273 g/mol. The van der Waals surface area contributed by atoms with Crippen LogP contribution in [0.2, 0.25) is 0 Å². The first-order valence-corrected chi connectivity index (χ1v) is 6.34. The maximum Gasteiger partial charge on any atom is 0.241 e. The number of likely N-dealkylation sites (N-methyl/N-ethyl adjacent to an activating group) is 1. The van der Waals surface area contributed by atoms with Gasteiger partial charge in [-0.1, -0.05) is 19.1 Å². The fourth-order valence-electron chi connectivity index (χ4n) is 1.33. The average Bonchev–Trinajstić information content (AvgIpc) is 2.26. The summed E-state index contributed by atoms with van der Waals surface area (Å²) in [5, 5.41) is 0. The topological polar surface area (TPSA) is 66.6 Å². The molecule has 0 aliphatic heterocycles. The van der Waals surface area contributed by atoms with Crippen molar-refractivity contribution in [1.29, 1.82) is 0 Å². The van der Waals surface area contributed by atoms with Crippen molar-refractivity contribution in [3.05, 3.63) is 0 Å². The molecular weight excluding hydrogens is 250 g/mol. The third-order valence-electron chi connectivity index (χ3n) is 2.76. The quantitative estimate of drug-likeness (QED) is 0.721. The molecule has 18 heavy (non-hydrogen) atoms. The van der Waals surface area contributed by atoms with Crippen molar-refractivity contribution in [2.75, 3.05) is 27.2 Å². The Morgan fingerprint density at radius 3 is 2.11 bits per heavy atom. The molecule has 0 fully saturated rings. The van der Waals surface area contributed by atoms with Crippen LogP contribution in [0, 0.1) is 5.41 Å². The second kappa shape index (κ2) is 6.68. The van der Waals surface area contributed by atoms with Crippen molar-refractivity contribution in [2.45, 2.75) is 27.2 Å². The molecule has 0 aromatic rings. The first-order chi connectivity index (χ1) is 8.14. The number of carbonyl (C=O) groups is 2. The SMILES string of the molecule is CCCN(CC(=O)N(C)C)C(=O)C(C)(C)C(N)=S. The van der Waals surface area contributed by atoms with Gasteiger partial charge in [0.15, 0.2) is 0 Å². The molecule has 0 atom stereocenters. The van der Waals surface area contributed by atoms with Gasteiger partial charge in [0.2, 0.25) is 11.8 Å². The zero-order valence-electron chi connectivity index (χ0n) is 11.8. The van der Waals surface area contributed by atoms with Crippen LogP contribution in [0.3, 0.4) is 0 Å². The Morgan fingerprint density at radius 1 is 1.28 bits per heavy atom. The van der Waals surface area contributed by atoms with Crippen LogP contribution in [0.5, 0.6) is 0 Å². The minimum atomic E-state index is -0.920. The molecule has 0 aromatic heterocycles. The van der Waals surface area contributed by atoms with Crippen molar-refractivity contribution in [3.8, 4) is 0 Å². The molecule has 0 saturated heterocycles. The maximum atomic E-state index is 12.3. The molecule has 0 aliphatic rings. The molecule has 0 heterocycles. The molecule has 0 unspecified atom stereocenters. The summed E-state index contributed by atoms with van der Waals surface area (Å²) in [6, 6.07) is 0. The zero-order chi connectivity index (χ0) is 14.5. The van der Waals surface area contributed by atoms with Gasteiger partial charge >= 0.3 is 0 Å². The molecule has 2 N–H and O–H groups in total. The van der Waals surface area contributed by atoms with E-state index in [9.17, 15) is 9.59 Å². The van der Waals surface area contributed by atoms with Crippen molar-refractivity contribution < 1.29 is 9.59 Å². The van der Waals surface area contributed by atoms with Crippen LogP contribution in [0.4, 0.5) is 0 Å². The minimum absolute atomic E-state index is 0.0612. The predicted octanol–water partition coefficient (Wildman–Crippen LogP) is 0.626. The highest BCUT2D eigenvalue weighted by molar-refractivity contribution is 7.80. The van der Waals surface area contributed by atoms with Gasteiger partial charge in [0, 0.05) is 20.6 Å². The lowest BCUT2D eigenvalue weighted by atomic mass is 9.91. The van der Waals surface area contributed by atoms with Gasteiger partial charge in [0.1, 0.15) is 0 Å². The van der Waals surface area contributed by atoms with E-state index in [1.807, 2.05) is 6.92 Å². The van der Waals surface area contributed by atoms with Crippen molar-refractivity contribution in [1.82, 2.24) is 9.80 Å². The average molecular weight is 273 g/mol. The van der Waals surface area contributed by atoms with Crippen molar-refractivity contribution >= 4 is 29.0 Å². The highest BCUT2D eigenvalue weighted by Crippen LogP contribution is 2.19. The minimum Gasteiger partial charge on any atom is -0.392 e. The number of hydrogen-bond donors (Lipinski definition) is 1. The van der Waals surface area contributed by atoms with E-state index in [1.54, 1.807) is 27.9 Å². The summed E-state index contributed by atoms with van der Waals surface area (Å²) in [4.78, 5) is 27.2. The summed E-state index contributed by atoms with van der Waals surface area (Å²) in [6.07, 6.45) is 0.778. The first-order valence-electron chi connectivity index (χ1n) is 5.94. The number of carbonyl (C=O) groups excluding carboxylic acids is 2. The van der Waals surface area contributed by atoms with E-state index in [0.717, 1.165) is 6.42 Å². The van der Waals surface area contributed by atoms with E-state index in [1.165, 1.54) is 9.80 Å². The molecule has 0 bridgehead atoms. The van der Waals surface area contributed by atoms with Gasteiger partial charge < -0.3 is 15.5 Å². The standard InChI is InChI=1S/C12H23N3O2S/c1-6-7-15(8-9(16)14(4)5)11(17)12(2,3)10(13)18/h6-8H2,1-5H3,(H2,13,18). The van der Waals surface area contributed by atoms with Crippen LogP contribution in [0.15, 0.2) is 0 Å². The maximum absolute atomic E-state index is 12.3. The Hall–Kier alpha value is -1.17. The third-order valence-corrected chi connectivity index (χ3v) is 3.27. The fourth-order valence-corrected chi connectivity index (χ4v) is 1.42. The smallest absolute Gasteiger partial charge is 0.241 e. The lowest BCUT2D eigenvalue weighted by Crippen LogP contribution is -2.50. The first kappa shape index (κ1) is 16.8. The highest BCUT2D eigenvalue weighted by atomic mass is 32.1. The molecule has 0 radical (unpaired) electrons. The Labute approximate surface area is 114 Å². The summed E-state index contributed by atoms with van der Waals surface area (Å²) in [5.41, 5.74) is 4.66. The largest absolute Gasteiger partial charge is 0.392 e. The summed E-state index contributed by atoms with van der Waals surface area (Å²) in [6.45, 7) is 5.89. The molecule has 0 saturated carbocycles. The number of rotatable bonds is 6. The molecule has 0 aromatic carbocycles. The number of thiocarbonyl (C=S) groups is 1. The Kier molecular flexibility index (Phi) is 6.25. The molecule has 6 heteroatoms. The van der Waals surface area contributed by atoms with Gasteiger partial charge in [-0.3, -0.25) is 9.59 Å². The van der Waals surface area contributed by atoms with E-state index in [0.29, 0.717) is 6.54 Å². The summed E-state index contributed by atoms with van der Waals surface area (Å²) in [7, 11) is 3.32. The lowest BCUT2D eigenvalue weighted by molar-refractivity contribution is -0.142. The second-order valence-electron chi connectivity index (χ2n) is 5.00. The number of amides is 2. The van der Waals surface area contributed by atoms with Gasteiger partial charge in [0.05, 0.1) is 16.9 Å². The van der Waals surface area contributed by atoms with Crippen LogP contribution in [-0.2, 0) is 9.59 Å². The van der Waals surface area contributed by atoms with Crippen LogP contribution in [-0.4, -0.2) is 53.8 Å². The third kappa shape index (κ3) is 4.25. The van der Waals surface area contributed by atoms with E-state index in [4.69, 9.17) is 18.0 Å². The molecule has 104 valence electrons. The van der Waals surface area contributed by atoms with Crippen molar-refractivity contribution in [2.24, 2.45) is 11.1 Å². The summed E-state index contributed by atoms with van der Waals surface area (Å²) >= 11 is 4.91. The highest BCUT2D eigenvalue weighted by Gasteiger charge is 2.35. The molecule has 0 rings (SSSR count). The Morgan fingerprint density at radius 2 is 1.78 bits per heavy atom. The molecule has 0 spiro atoms. The lowest BCUT2D eigenvalue weighted by Gasteiger charge is -2.31. The van der Waals surface area contributed by atoms with E-state index in [2.05, 4.69) is 0 Å². The fraction of sp³-hybridized carbons (Fsp3) is 0.750. The van der Waals surface area contributed by atoms with E-state index < -0.39 is 5.41 Å². The molecule has 0 aliphatic carbocycles. The number of nitrogens with two attached hydrogens (primary N) is 1. The molecule has 2 amide bonds. The predicted molar refractivity (Wildman–Crippen MR) is 76.1 cm³/mol. The summed E-state index contributed by atoms with van der Waals surface area (Å²) in [5.74, 6) is -0.317. The van der Waals surface area contributed by atoms with E-state index >= 15 is 0 Å². The Balaban J connectivity index is 4.96. The van der Waals surface area contributed by atoms with Crippen LogP contribution in [0.1, 0.15) is 27.2 Å². The van der Waals surface area contributed by atoms with Gasteiger partial charge in [-0.05, 0) is 20.3 Å². The second-order valence-corrected chi connectivity index (χ2v) is 5.44. The van der Waals surface area contributed by atoms with Gasteiger partial charge in [-0.2, -0.15) is 0 Å². The number of nitrogens with zero attached hydrogens (tertiary/aromatic N) is 2. The molecular formula is C12H23N3O2S. The van der Waals surface area contributed by atoms with Gasteiger partial charge in [-0.15, -0.1) is 0 Å². The van der Waals surface area contributed by atoms with Gasteiger partial charge in [0.25, 0.3) is 0 Å². The zero-order valence-corrected chi connectivity index (χ0v) is 12.6. The van der Waals surface area contributed by atoms with Gasteiger partial charge in [-0.25, -0.2) is 0 Å². The summed E-state index contributed by atoms with van der Waals surface area (Å²) < 4.78 is 0. The van der Waals surface area contributed by atoms with Crippen LogP contribution in [0.25, 0.3) is 0 Å². The number of hydrogen-bond acceptors (Lipinski definition) is 3. The van der Waals surface area contributed by atoms with Crippen LogP contribution >= 0.6 is 12.2 Å².